The van der Waals surface area contributed by atoms with Crippen LogP contribution in [-0.4, -0.2) is 37.9 Å². The molecule has 0 radical (unpaired) electrons. The third kappa shape index (κ3) is 53.0. The molecule has 5 nitrogen and oxygen atoms in total. The van der Waals surface area contributed by atoms with Crippen molar-refractivity contribution in [2.75, 3.05) is 19.8 Å². The fourth-order valence-corrected chi connectivity index (χ4v) is 8.62. The fourth-order valence-electron chi connectivity index (χ4n) is 8.62. The lowest BCUT2D eigenvalue weighted by Gasteiger charge is -2.18. The lowest BCUT2D eigenvalue weighted by molar-refractivity contribution is -0.163. The first-order valence-corrected chi connectivity index (χ1v) is 28.9. The van der Waals surface area contributed by atoms with Gasteiger partial charge in [0.15, 0.2) is 6.10 Å². The molecule has 0 N–H and O–H groups in total. The van der Waals surface area contributed by atoms with Crippen molar-refractivity contribution in [3.05, 3.63) is 24.3 Å². The molecule has 0 saturated carbocycles. The van der Waals surface area contributed by atoms with Gasteiger partial charge < -0.3 is 14.2 Å². The molecule has 5 heteroatoms. The highest BCUT2D eigenvalue weighted by Gasteiger charge is 2.17. The minimum atomic E-state index is -0.538. The van der Waals surface area contributed by atoms with Gasteiger partial charge >= 0.3 is 11.9 Å². The third-order valence-electron chi connectivity index (χ3n) is 13.0. The van der Waals surface area contributed by atoms with Crippen molar-refractivity contribution in [1.82, 2.24) is 0 Å². The lowest BCUT2D eigenvalue weighted by atomic mass is 10.0. The minimum Gasteiger partial charge on any atom is -0.462 e. The zero-order chi connectivity index (χ0) is 46.3. The van der Waals surface area contributed by atoms with Gasteiger partial charge in [-0.15, -0.1) is 0 Å². The number of hydrogen-bond donors (Lipinski definition) is 0. The molecule has 0 aliphatic rings. The van der Waals surface area contributed by atoms with Crippen LogP contribution in [0.1, 0.15) is 316 Å². The molecule has 0 fully saturated rings. The van der Waals surface area contributed by atoms with Gasteiger partial charge in [-0.2, -0.15) is 0 Å². The number of esters is 2. The number of ether oxygens (including phenoxy) is 3. The highest BCUT2D eigenvalue weighted by Crippen LogP contribution is 2.16. The second-order valence-corrected chi connectivity index (χ2v) is 19.5. The van der Waals surface area contributed by atoms with Crippen molar-refractivity contribution in [1.29, 1.82) is 0 Å². The Bertz CT molecular complexity index is 974. The standard InChI is InChI=1S/C59H112O5/c1-4-7-10-13-16-19-22-25-27-29-30-31-32-35-37-40-43-46-49-52-58(60)63-56-57(64-59(61)53-50-47-44-41-38-34-24-21-18-15-12-9-6-3)55-62-54-51-48-45-42-39-36-33-28-26-23-20-17-14-11-8-5-2/h21,24,26,28,57H,4-20,22-23,25,27,29-56H2,1-3H3/b24-21-,28-26-. The zero-order valence-corrected chi connectivity index (χ0v) is 43.6. The van der Waals surface area contributed by atoms with Gasteiger partial charge in [0.05, 0.1) is 6.61 Å². The van der Waals surface area contributed by atoms with Gasteiger partial charge in [-0.1, -0.05) is 257 Å². The molecule has 0 rings (SSSR count). The van der Waals surface area contributed by atoms with Gasteiger partial charge in [-0.25, -0.2) is 0 Å². The quantitative estimate of drug-likeness (QED) is 0.0346. The van der Waals surface area contributed by atoms with E-state index in [1.165, 1.54) is 231 Å². The van der Waals surface area contributed by atoms with Gasteiger partial charge in [0.25, 0.3) is 0 Å². The summed E-state index contributed by atoms with van der Waals surface area (Å²) in [6, 6.07) is 0. The van der Waals surface area contributed by atoms with Gasteiger partial charge in [-0.05, 0) is 70.6 Å². The molecule has 64 heavy (non-hydrogen) atoms. The third-order valence-corrected chi connectivity index (χ3v) is 13.0. The number of allylic oxidation sites excluding steroid dienone is 4. The van der Waals surface area contributed by atoms with Crippen LogP contribution >= 0.6 is 0 Å². The zero-order valence-electron chi connectivity index (χ0n) is 43.6. The first kappa shape index (κ1) is 62.4. The summed E-state index contributed by atoms with van der Waals surface area (Å²) in [5.41, 5.74) is 0. The van der Waals surface area contributed by atoms with Crippen LogP contribution in [-0.2, 0) is 23.8 Å². The summed E-state index contributed by atoms with van der Waals surface area (Å²) in [4.78, 5) is 25.5. The summed E-state index contributed by atoms with van der Waals surface area (Å²) < 4.78 is 17.5. The van der Waals surface area contributed by atoms with E-state index in [0.717, 1.165) is 51.4 Å². The first-order valence-electron chi connectivity index (χ1n) is 28.9. The van der Waals surface area contributed by atoms with Crippen molar-refractivity contribution in [3.8, 4) is 0 Å². The highest BCUT2D eigenvalue weighted by atomic mass is 16.6. The molecule has 0 amide bonds. The average molecular weight is 902 g/mol. The minimum absolute atomic E-state index is 0.0865. The molecule has 0 aliphatic heterocycles. The summed E-state index contributed by atoms with van der Waals surface area (Å²) in [6.45, 7) is 7.85. The molecule has 1 atom stereocenters. The van der Waals surface area contributed by atoms with Crippen molar-refractivity contribution in [2.45, 2.75) is 322 Å². The van der Waals surface area contributed by atoms with Gasteiger partial charge in [0, 0.05) is 19.4 Å². The number of carbonyl (C=O) groups is 2. The Balaban J connectivity index is 4.20. The topological polar surface area (TPSA) is 61.8 Å². The van der Waals surface area contributed by atoms with E-state index in [-0.39, 0.29) is 25.2 Å². The average Bonchev–Trinajstić information content (AvgIpc) is 3.30. The van der Waals surface area contributed by atoms with E-state index >= 15 is 0 Å². The van der Waals surface area contributed by atoms with E-state index < -0.39 is 6.10 Å². The Labute approximate surface area is 400 Å². The Hall–Kier alpha value is -1.62. The Kier molecular flexibility index (Phi) is 54.3. The highest BCUT2D eigenvalue weighted by molar-refractivity contribution is 5.70. The van der Waals surface area contributed by atoms with E-state index in [1.54, 1.807) is 0 Å². The van der Waals surface area contributed by atoms with Crippen LogP contribution in [0.25, 0.3) is 0 Å². The van der Waals surface area contributed by atoms with Crippen LogP contribution < -0.4 is 0 Å². The fraction of sp³-hybridized carbons (Fsp3) is 0.898. The smallest absolute Gasteiger partial charge is 0.306 e. The van der Waals surface area contributed by atoms with Crippen LogP contribution in [0, 0.1) is 0 Å². The first-order chi connectivity index (χ1) is 31.6. The molecule has 0 saturated heterocycles. The maximum Gasteiger partial charge on any atom is 0.306 e. The Morgan fingerprint density at radius 2 is 0.609 bits per heavy atom. The molecule has 0 aromatic heterocycles. The maximum atomic E-state index is 12.8. The SMILES string of the molecule is CCCCCC/C=C\CCCCCCCC(=O)OC(COCCCCCCCC/C=C\CCCCCCCC)COC(=O)CCCCCCCCCCCCCCCCCCCCC. The normalized spacial score (nSPS) is 12.2. The number of rotatable bonds is 54. The molecule has 0 bridgehead atoms. The van der Waals surface area contributed by atoms with E-state index in [2.05, 4.69) is 45.1 Å². The monoisotopic (exact) mass is 901 g/mol. The predicted octanol–water partition coefficient (Wildman–Crippen LogP) is 19.6. The van der Waals surface area contributed by atoms with Crippen molar-refractivity contribution in [3.63, 3.8) is 0 Å². The van der Waals surface area contributed by atoms with E-state index in [4.69, 9.17) is 14.2 Å². The molecule has 0 aromatic carbocycles. The van der Waals surface area contributed by atoms with Crippen LogP contribution in [0.2, 0.25) is 0 Å². The van der Waals surface area contributed by atoms with Crippen LogP contribution in [0.3, 0.4) is 0 Å². The lowest BCUT2D eigenvalue weighted by Crippen LogP contribution is -2.30. The second-order valence-electron chi connectivity index (χ2n) is 19.5. The summed E-state index contributed by atoms with van der Waals surface area (Å²) in [5.74, 6) is -0.389. The molecule has 0 aliphatic carbocycles. The van der Waals surface area contributed by atoms with Crippen molar-refractivity contribution in [2.24, 2.45) is 0 Å². The summed E-state index contributed by atoms with van der Waals surface area (Å²) in [5, 5.41) is 0. The maximum absolute atomic E-state index is 12.8. The van der Waals surface area contributed by atoms with Crippen molar-refractivity contribution >= 4 is 11.9 Å². The van der Waals surface area contributed by atoms with E-state index in [9.17, 15) is 9.59 Å². The molecule has 0 aromatic rings. The predicted molar refractivity (Wildman–Crippen MR) is 279 cm³/mol. The molecule has 378 valence electrons. The summed E-state index contributed by atoms with van der Waals surface area (Å²) in [7, 11) is 0. The largest absolute Gasteiger partial charge is 0.462 e. The van der Waals surface area contributed by atoms with Gasteiger partial charge in [0.1, 0.15) is 6.61 Å². The summed E-state index contributed by atoms with van der Waals surface area (Å²) in [6.07, 6.45) is 66.3. The number of carbonyl (C=O) groups excluding carboxylic acids is 2. The Morgan fingerprint density at radius 1 is 0.328 bits per heavy atom. The van der Waals surface area contributed by atoms with Crippen LogP contribution in [0.15, 0.2) is 24.3 Å². The second kappa shape index (κ2) is 55.7. The molecule has 1 unspecified atom stereocenters. The molecule has 0 heterocycles. The Morgan fingerprint density at radius 3 is 0.969 bits per heavy atom. The van der Waals surface area contributed by atoms with E-state index in [0.29, 0.717) is 19.4 Å². The van der Waals surface area contributed by atoms with Crippen LogP contribution in [0.4, 0.5) is 0 Å². The van der Waals surface area contributed by atoms with Crippen molar-refractivity contribution < 1.29 is 23.8 Å². The van der Waals surface area contributed by atoms with Crippen LogP contribution in [0.5, 0.6) is 0 Å². The molecular weight excluding hydrogens is 789 g/mol. The molecule has 0 spiro atoms. The van der Waals surface area contributed by atoms with Gasteiger partial charge in [-0.3, -0.25) is 9.59 Å². The number of hydrogen-bond acceptors (Lipinski definition) is 5. The summed E-state index contributed by atoms with van der Waals surface area (Å²) >= 11 is 0. The molecular formula is C59H112O5. The van der Waals surface area contributed by atoms with E-state index in [1.807, 2.05) is 0 Å². The van der Waals surface area contributed by atoms with Gasteiger partial charge in [0.2, 0.25) is 0 Å². The number of unbranched alkanes of at least 4 members (excludes halogenated alkanes) is 39.